The second-order valence-electron chi connectivity index (χ2n) is 4.81. The van der Waals surface area contributed by atoms with Gasteiger partial charge in [-0.2, -0.15) is 0 Å². The van der Waals surface area contributed by atoms with Gasteiger partial charge in [0, 0.05) is 18.3 Å². The molecule has 0 amide bonds. The zero-order valence-electron chi connectivity index (χ0n) is 12.2. The summed E-state index contributed by atoms with van der Waals surface area (Å²) in [6.07, 6.45) is 3.43. The summed E-state index contributed by atoms with van der Waals surface area (Å²) in [6, 6.07) is 8.36. The van der Waals surface area contributed by atoms with Gasteiger partial charge in [-0.1, -0.05) is 31.0 Å². The third-order valence-corrected chi connectivity index (χ3v) is 3.30. The van der Waals surface area contributed by atoms with Gasteiger partial charge in [-0.15, -0.1) is 0 Å². The van der Waals surface area contributed by atoms with Crippen molar-refractivity contribution < 1.29 is 0 Å². The summed E-state index contributed by atoms with van der Waals surface area (Å²) in [5.74, 6) is 7.13. The van der Waals surface area contributed by atoms with Crippen LogP contribution in [0.2, 0.25) is 0 Å². The molecule has 5 heteroatoms. The summed E-state index contributed by atoms with van der Waals surface area (Å²) in [6.45, 7) is 4.20. The standard InChI is InChI=1S/C15H21N5/c1-4-5-13-14(19-16)17-10-18-15(13)20(3)12-8-6-11(2)7-9-12/h6-10H,4-5,16H2,1-3H3,(H,17,18,19). The number of aromatic nitrogens is 2. The Kier molecular flexibility index (Phi) is 4.53. The van der Waals surface area contributed by atoms with E-state index in [1.54, 1.807) is 0 Å². The van der Waals surface area contributed by atoms with Crippen LogP contribution < -0.4 is 16.2 Å². The third-order valence-electron chi connectivity index (χ3n) is 3.30. The molecule has 0 radical (unpaired) electrons. The Bertz CT molecular complexity index is 565. The highest BCUT2D eigenvalue weighted by Gasteiger charge is 2.14. The molecule has 0 aliphatic rings. The average molecular weight is 271 g/mol. The van der Waals surface area contributed by atoms with Crippen LogP contribution in [0.3, 0.4) is 0 Å². The second-order valence-corrected chi connectivity index (χ2v) is 4.81. The van der Waals surface area contributed by atoms with Gasteiger partial charge in [-0.05, 0) is 25.5 Å². The van der Waals surface area contributed by atoms with Crippen LogP contribution in [0, 0.1) is 6.92 Å². The summed E-state index contributed by atoms with van der Waals surface area (Å²) < 4.78 is 0. The van der Waals surface area contributed by atoms with Crippen molar-refractivity contribution in [2.45, 2.75) is 26.7 Å². The minimum Gasteiger partial charge on any atom is -0.329 e. The van der Waals surface area contributed by atoms with Crippen molar-refractivity contribution in [3.05, 3.63) is 41.7 Å². The highest BCUT2D eigenvalue weighted by molar-refractivity contribution is 5.66. The third kappa shape index (κ3) is 2.88. The van der Waals surface area contributed by atoms with E-state index in [4.69, 9.17) is 5.84 Å². The first-order chi connectivity index (χ1) is 9.67. The molecule has 2 rings (SSSR count). The number of nitrogens with one attached hydrogen (secondary N) is 1. The van der Waals surface area contributed by atoms with Gasteiger partial charge in [0.25, 0.3) is 0 Å². The quantitative estimate of drug-likeness (QED) is 0.646. The maximum Gasteiger partial charge on any atom is 0.148 e. The molecular formula is C15H21N5. The lowest BCUT2D eigenvalue weighted by Gasteiger charge is -2.22. The zero-order chi connectivity index (χ0) is 14.5. The summed E-state index contributed by atoms with van der Waals surface area (Å²) >= 11 is 0. The number of hydrogen-bond donors (Lipinski definition) is 2. The van der Waals surface area contributed by atoms with E-state index < -0.39 is 0 Å². The number of nitrogens with two attached hydrogens (primary N) is 1. The highest BCUT2D eigenvalue weighted by atomic mass is 15.3. The summed E-state index contributed by atoms with van der Waals surface area (Å²) in [4.78, 5) is 10.7. The molecule has 0 spiro atoms. The predicted octanol–water partition coefficient (Wildman–Crippen LogP) is 2.79. The van der Waals surface area contributed by atoms with Gasteiger partial charge in [0.1, 0.15) is 18.0 Å². The number of hydrogen-bond acceptors (Lipinski definition) is 5. The molecule has 3 N–H and O–H groups in total. The molecule has 0 aliphatic heterocycles. The Hall–Kier alpha value is -2.14. The first-order valence-corrected chi connectivity index (χ1v) is 6.78. The van der Waals surface area contributed by atoms with E-state index in [1.807, 2.05) is 7.05 Å². The van der Waals surface area contributed by atoms with Gasteiger partial charge in [-0.25, -0.2) is 15.8 Å². The number of hydrazine groups is 1. The Morgan fingerprint density at radius 1 is 1.20 bits per heavy atom. The van der Waals surface area contributed by atoms with Gasteiger partial charge in [-0.3, -0.25) is 0 Å². The Labute approximate surface area is 119 Å². The first-order valence-electron chi connectivity index (χ1n) is 6.78. The number of nitrogens with zero attached hydrogens (tertiary/aromatic N) is 3. The second kappa shape index (κ2) is 6.34. The summed E-state index contributed by atoms with van der Waals surface area (Å²) in [5.41, 5.74) is 6.03. The van der Waals surface area contributed by atoms with E-state index in [1.165, 1.54) is 11.9 Å². The van der Waals surface area contributed by atoms with Crippen LogP contribution in [0.5, 0.6) is 0 Å². The van der Waals surface area contributed by atoms with Crippen LogP contribution in [-0.4, -0.2) is 17.0 Å². The van der Waals surface area contributed by atoms with Crippen molar-refractivity contribution >= 4 is 17.3 Å². The lowest BCUT2D eigenvalue weighted by Crippen LogP contribution is -2.18. The molecular weight excluding hydrogens is 250 g/mol. The molecule has 1 heterocycles. The van der Waals surface area contributed by atoms with Gasteiger partial charge < -0.3 is 10.3 Å². The monoisotopic (exact) mass is 271 g/mol. The van der Waals surface area contributed by atoms with Crippen LogP contribution in [0.15, 0.2) is 30.6 Å². The van der Waals surface area contributed by atoms with Crippen molar-refractivity contribution in [1.29, 1.82) is 0 Å². The summed E-state index contributed by atoms with van der Waals surface area (Å²) in [7, 11) is 2.01. The Morgan fingerprint density at radius 2 is 1.90 bits per heavy atom. The molecule has 0 fully saturated rings. The van der Waals surface area contributed by atoms with E-state index in [9.17, 15) is 0 Å². The van der Waals surface area contributed by atoms with Crippen LogP contribution in [0.1, 0.15) is 24.5 Å². The van der Waals surface area contributed by atoms with Gasteiger partial charge in [0.05, 0.1) is 0 Å². The molecule has 0 saturated heterocycles. The van der Waals surface area contributed by atoms with E-state index in [2.05, 4.69) is 58.4 Å². The van der Waals surface area contributed by atoms with Crippen LogP contribution in [0.25, 0.3) is 0 Å². The Morgan fingerprint density at radius 3 is 2.50 bits per heavy atom. The number of anilines is 3. The largest absolute Gasteiger partial charge is 0.329 e. The van der Waals surface area contributed by atoms with Crippen LogP contribution in [-0.2, 0) is 6.42 Å². The van der Waals surface area contributed by atoms with Crippen molar-refractivity contribution in [3.8, 4) is 0 Å². The molecule has 0 aliphatic carbocycles. The maximum atomic E-state index is 5.55. The number of rotatable bonds is 5. The smallest absolute Gasteiger partial charge is 0.148 e. The van der Waals surface area contributed by atoms with Crippen molar-refractivity contribution in [3.63, 3.8) is 0 Å². The number of aryl methyl sites for hydroxylation is 1. The molecule has 2 aromatic rings. The van der Waals surface area contributed by atoms with Crippen LogP contribution >= 0.6 is 0 Å². The molecule has 5 nitrogen and oxygen atoms in total. The summed E-state index contributed by atoms with van der Waals surface area (Å²) in [5, 5.41) is 0. The highest BCUT2D eigenvalue weighted by Crippen LogP contribution is 2.29. The molecule has 1 aromatic heterocycles. The van der Waals surface area contributed by atoms with Crippen molar-refractivity contribution in [2.75, 3.05) is 17.4 Å². The van der Waals surface area contributed by atoms with Gasteiger partial charge in [0.15, 0.2) is 0 Å². The van der Waals surface area contributed by atoms with E-state index in [-0.39, 0.29) is 0 Å². The normalized spacial score (nSPS) is 10.4. The predicted molar refractivity (Wildman–Crippen MR) is 83.1 cm³/mol. The van der Waals surface area contributed by atoms with E-state index in [0.29, 0.717) is 5.82 Å². The molecule has 1 aromatic carbocycles. The molecule has 20 heavy (non-hydrogen) atoms. The van der Waals surface area contributed by atoms with Crippen LogP contribution in [0.4, 0.5) is 17.3 Å². The fourth-order valence-corrected chi connectivity index (χ4v) is 2.19. The minimum absolute atomic E-state index is 0.691. The number of benzene rings is 1. The molecule has 0 saturated carbocycles. The maximum absolute atomic E-state index is 5.55. The SMILES string of the molecule is CCCc1c(NN)ncnc1N(C)c1ccc(C)cc1. The van der Waals surface area contributed by atoms with Crippen molar-refractivity contribution in [2.24, 2.45) is 5.84 Å². The first kappa shape index (κ1) is 14.3. The minimum atomic E-state index is 0.691. The fraction of sp³-hybridized carbons (Fsp3) is 0.333. The van der Waals surface area contributed by atoms with Gasteiger partial charge in [0.2, 0.25) is 0 Å². The van der Waals surface area contributed by atoms with Crippen molar-refractivity contribution in [1.82, 2.24) is 9.97 Å². The van der Waals surface area contributed by atoms with Gasteiger partial charge >= 0.3 is 0 Å². The molecule has 106 valence electrons. The lowest BCUT2D eigenvalue weighted by molar-refractivity contribution is 0.891. The molecule has 0 bridgehead atoms. The Balaban J connectivity index is 2.42. The number of nitrogen functional groups attached to an aromatic ring is 1. The molecule has 0 unspecified atom stereocenters. The zero-order valence-corrected chi connectivity index (χ0v) is 12.2. The molecule has 0 atom stereocenters. The van der Waals surface area contributed by atoms with E-state index in [0.717, 1.165) is 29.9 Å². The fourth-order valence-electron chi connectivity index (χ4n) is 2.19. The van der Waals surface area contributed by atoms with E-state index >= 15 is 0 Å². The average Bonchev–Trinajstić information content (AvgIpc) is 2.48. The lowest BCUT2D eigenvalue weighted by atomic mass is 10.1. The topological polar surface area (TPSA) is 67.1 Å².